The molecule has 8 heteroatoms. The fourth-order valence-corrected chi connectivity index (χ4v) is 2.34. The molecule has 0 saturated carbocycles. The molecule has 0 atom stereocenters. The van der Waals surface area contributed by atoms with Gasteiger partial charge in [-0.1, -0.05) is 18.2 Å². The summed E-state index contributed by atoms with van der Waals surface area (Å²) in [5.41, 5.74) is -0.135. The van der Waals surface area contributed by atoms with Crippen LogP contribution in [0.15, 0.2) is 59.5 Å². The van der Waals surface area contributed by atoms with Crippen LogP contribution in [-0.4, -0.2) is 64.7 Å². The van der Waals surface area contributed by atoms with Crippen LogP contribution >= 0.6 is 0 Å². The second-order valence-corrected chi connectivity index (χ2v) is 5.15. The predicted octanol–water partition coefficient (Wildman–Crippen LogP) is 1.71. The summed E-state index contributed by atoms with van der Waals surface area (Å²) in [6.45, 7) is 0. The summed E-state index contributed by atoms with van der Waals surface area (Å²) in [6, 6.07) is 12.5. The summed E-state index contributed by atoms with van der Waals surface area (Å²) in [6.07, 6.45) is 0. The molecule has 0 aromatic heterocycles. The van der Waals surface area contributed by atoms with E-state index in [0.717, 1.165) is 0 Å². The molecule has 0 aliphatic rings. The van der Waals surface area contributed by atoms with Crippen LogP contribution in [0.2, 0.25) is 0 Å². The first-order valence-electron chi connectivity index (χ1n) is 5.23. The van der Waals surface area contributed by atoms with E-state index in [-0.39, 0.29) is 67.7 Å². The van der Waals surface area contributed by atoms with Crippen molar-refractivity contribution in [3.05, 3.63) is 64.7 Å². The molecule has 0 spiro atoms. The van der Waals surface area contributed by atoms with Crippen LogP contribution in [0, 0.1) is 10.1 Å². The molecular weight excluding hydrogens is 309 g/mol. The van der Waals surface area contributed by atoms with Crippen molar-refractivity contribution in [2.45, 2.75) is 4.90 Å². The van der Waals surface area contributed by atoms with E-state index >= 15 is 0 Å². The van der Waals surface area contributed by atoms with Gasteiger partial charge < -0.3 is 4.18 Å². The van der Waals surface area contributed by atoms with Gasteiger partial charge in [0.05, 0.1) is 4.92 Å². The monoisotopic (exact) mass is 319 g/mol. The quantitative estimate of drug-likeness (QED) is 0.370. The van der Waals surface area contributed by atoms with E-state index in [2.05, 4.69) is 0 Å². The Hall–Kier alpha value is -0.774. The Balaban J connectivity index is 0.00000200. The SMILES string of the molecule is O=[N+]([O-])c1ccc(OS(=O)(=O)c2ccccc2)cc1.[KH]. The van der Waals surface area contributed by atoms with Crippen molar-refractivity contribution in [3.8, 4) is 5.75 Å². The first-order chi connectivity index (χ1) is 8.99. The minimum atomic E-state index is -3.92. The van der Waals surface area contributed by atoms with Gasteiger partial charge in [-0.2, -0.15) is 8.42 Å². The van der Waals surface area contributed by atoms with Gasteiger partial charge in [0.25, 0.3) is 5.69 Å². The number of nitrogens with zero attached hydrogens (tertiary/aromatic N) is 1. The van der Waals surface area contributed by atoms with Crippen molar-refractivity contribution in [2.75, 3.05) is 0 Å². The van der Waals surface area contributed by atoms with E-state index in [1.54, 1.807) is 18.2 Å². The van der Waals surface area contributed by atoms with E-state index in [1.807, 2.05) is 0 Å². The van der Waals surface area contributed by atoms with Gasteiger partial charge in [0.2, 0.25) is 0 Å². The first-order valence-corrected chi connectivity index (χ1v) is 6.64. The third kappa shape index (κ3) is 4.37. The van der Waals surface area contributed by atoms with Gasteiger partial charge in [-0.15, -0.1) is 0 Å². The summed E-state index contributed by atoms with van der Waals surface area (Å²) in [7, 11) is -3.92. The standard InChI is InChI=1S/C12H9NO5S.K.H/c14-13(15)10-6-8-11(9-7-10)18-19(16,17)12-4-2-1-3-5-12;;/h1-9H;;. The summed E-state index contributed by atoms with van der Waals surface area (Å²) in [4.78, 5) is 9.91. The molecule has 2 aromatic rings. The second kappa shape index (κ2) is 7.30. The molecule has 0 aliphatic heterocycles. The van der Waals surface area contributed by atoms with E-state index in [9.17, 15) is 18.5 Å². The van der Waals surface area contributed by atoms with Crippen LogP contribution in [-0.2, 0) is 10.1 Å². The van der Waals surface area contributed by atoms with Crippen molar-refractivity contribution in [2.24, 2.45) is 0 Å². The Kier molecular flexibility index (Phi) is 6.30. The van der Waals surface area contributed by atoms with Gasteiger partial charge in [0.1, 0.15) is 10.6 Å². The zero-order valence-electron chi connectivity index (χ0n) is 9.59. The molecular formula is C12H10KNO5S. The Morgan fingerprint density at radius 2 is 1.50 bits per heavy atom. The Labute approximate surface area is 158 Å². The normalized spacial score (nSPS) is 10.4. The summed E-state index contributed by atoms with van der Waals surface area (Å²) < 4.78 is 28.6. The number of hydrogen-bond acceptors (Lipinski definition) is 5. The Bertz CT molecular complexity index is 686. The van der Waals surface area contributed by atoms with Crippen LogP contribution in [0.5, 0.6) is 5.75 Å². The summed E-state index contributed by atoms with van der Waals surface area (Å²) >= 11 is 0. The molecule has 0 heterocycles. The molecule has 0 amide bonds. The zero-order chi connectivity index (χ0) is 13.9. The fraction of sp³-hybridized carbons (Fsp3) is 0. The Morgan fingerprint density at radius 1 is 0.950 bits per heavy atom. The molecule has 2 aromatic carbocycles. The molecule has 0 saturated heterocycles. The maximum atomic E-state index is 11.9. The third-order valence-corrected chi connectivity index (χ3v) is 3.55. The van der Waals surface area contributed by atoms with E-state index in [0.29, 0.717) is 0 Å². The maximum absolute atomic E-state index is 11.9. The van der Waals surface area contributed by atoms with Crippen molar-refractivity contribution >= 4 is 67.2 Å². The number of rotatable bonds is 4. The van der Waals surface area contributed by atoms with Crippen LogP contribution in [0.3, 0.4) is 0 Å². The van der Waals surface area contributed by atoms with Gasteiger partial charge in [-0.05, 0) is 24.3 Å². The predicted molar refractivity (Wildman–Crippen MR) is 74.5 cm³/mol. The molecule has 0 unspecified atom stereocenters. The Morgan fingerprint density at radius 3 is 2.00 bits per heavy atom. The molecule has 6 nitrogen and oxygen atoms in total. The van der Waals surface area contributed by atoms with Crippen LogP contribution in [0.4, 0.5) is 5.69 Å². The number of nitro benzene ring substituents is 1. The molecule has 0 bridgehead atoms. The molecule has 0 fully saturated rings. The van der Waals surface area contributed by atoms with Gasteiger partial charge in [0, 0.05) is 12.1 Å². The van der Waals surface area contributed by atoms with Gasteiger partial charge >= 0.3 is 61.5 Å². The molecule has 100 valence electrons. The van der Waals surface area contributed by atoms with Crippen LogP contribution < -0.4 is 4.18 Å². The number of non-ortho nitro benzene ring substituents is 1. The van der Waals surface area contributed by atoms with Gasteiger partial charge in [-0.3, -0.25) is 10.1 Å². The molecule has 20 heavy (non-hydrogen) atoms. The van der Waals surface area contributed by atoms with Crippen molar-refractivity contribution < 1.29 is 17.5 Å². The number of benzene rings is 2. The molecule has 0 aliphatic carbocycles. The first kappa shape index (κ1) is 17.3. The number of nitro groups is 1. The van der Waals surface area contributed by atoms with Crippen molar-refractivity contribution in [1.29, 1.82) is 0 Å². The van der Waals surface area contributed by atoms with Crippen molar-refractivity contribution in [1.82, 2.24) is 0 Å². The molecule has 0 N–H and O–H groups in total. The van der Waals surface area contributed by atoms with E-state index < -0.39 is 15.0 Å². The average Bonchev–Trinajstić information content (AvgIpc) is 2.40. The zero-order valence-corrected chi connectivity index (χ0v) is 10.4. The van der Waals surface area contributed by atoms with E-state index in [4.69, 9.17) is 4.18 Å². The number of hydrogen-bond donors (Lipinski definition) is 0. The molecule has 0 radical (unpaired) electrons. The second-order valence-electron chi connectivity index (χ2n) is 3.60. The fourth-order valence-electron chi connectivity index (χ4n) is 1.39. The topological polar surface area (TPSA) is 86.5 Å². The van der Waals surface area contributed by atoms with Crippen LogP contribution in [0.1, 0.15) is 0 Å². The molecule has 2 rings (SSSR count). The van der Waals surface area contributed by atoms with Crippen LogP contribution in [0.25, 0.3) is 0 Å². The third-order valence-electron chi connectivity index (χ3n) is 2.29. The van der Waals surface area contributed by atoms with Crippen molar-refractivity contribution in [3.63, 3.8) is 0 Å². The minimum absolute atomic E-state index is 0. The summed E-state index contributed by atoms with van der Waals surface area (Å²) in [5, 5.41) is 10.5. The van der Waals surface area contributed by atoms with E-state index in [1.165, 1.54) is 36.4 Å². The van der Waals surface area contributed by atoms with Gasteiger partial charge in [0.15, 0.2) is 0 Å². The summed E-state index contributed by atoms with van der Waals surface area (Å²) in [5.74, 6) is 0.0226. The van der Waals surface area contributed by atoms with Gasteiger partial charge in [-0.25, -0.2) is 0 Å². The average molecular weight is 319 g/mol.